The first kappa shape index (κ1) is 15.5. The molecule has 0 aromatic heterocycles. The highest BCUT2D eigenvalue weighted by molar-refractivity contribution is 5.95. The van der Waals surface area contributed by atoms with E-state index in [2.05, 4.69) is 6.92 Å². The van der Waals surface area contributed by atoms with Gasteiger partial charge in [-0.3, -0.25) is 4.79 Å². The lowest BCUT2D eigenvalue weighted by molar-refractivity contribution is 0.0614. The van der Waals surface area contributed by atoms with Gasteiger partial charge in [0.25, 0.3) is 5.91 Å². The lowest BCUT2D eigenvalue weighted by atomic mass is 10.1. The number of carbonyl (C=O) groups is 1. The zero-order valence-corrected chi connectivity index (χ0v) is 12.3. The van der Waals surface area contributed by atoms with E-state index in [1.54, 1.807) is 13.2 Å². The second-order valence-corrected chi connectivity index (χ2v) is 4.88. The minimum atomic E-state index is 0.0156. The second-order valence-electron chi connectivity index (χ2n) is 4.88. The second kappa shape index (κ2) is 7.14. The van der Waals surface area contributed by atoms with Crippen LogP contribution < -0.4 is 5.73 Å². The molecule has 4 nitrogen and oxygen atoms in total. The molecule has 4 heteroatoms. The van der Waals surface area contributed by atoms with Crippen molar-refractivity contribution in [2.75, 3.05) is 26.0 Å². The first-order valence-corrected chi connectivity index (χ1v) is 6.66. The molecular weight excluding hydrogens is 240 g/mol. The van der Waals surface area contributed by atoms with Crippen LogP contribution in [0.1, 0.15) is 36.2 Å². The van der Waals surface area contributed by atoms with E-state index in [4.69, 9.17) is 10.5 Å². The van der Waals surface area contributed by atoms with Crippen LogP contribution in [0.2, 0.25) is 0 Å². The Morgan fingerprint density at radius 3 is 2.63 bits per heavy atom. The summed E-state index contributed by atoms with van der Waals surface area (Å²) in [6, 6.07) is 5.65. The van der Waals surface area contributed by atoms with Crippen LogP contribution in [-0.2, 0) is 4.74 Å². The van der Waals surface area contributed by atoms with Crippen molar-refractivity contribution in [2.45, 2.75) is 33.2 Å². The number of amides is 1. The molecule has 1 rings (SSSR count). The summed E-state index contributed by atoms with van der Waals surface area (Å²) in [5.41, 5.74) is 8.08. The van der Waals surface area contributed by atoms with Crippen LogP contribution in [-0.4, -0.2) is 37.1 Å². The summed E-state index contributed by atoms with van der Waals surface area (Å²) in [5, 5.41) is 0. The Morgan fingerprint density at radius 1 is 1.42 bits per heavy atom. The summed E-state index contributed by atoms with van der Waals surface area (Å²) >= 11 is 0. The highest BCUT2D eigenvalue weighted by Crippen LogP contribution is 2.16. The molecule has 1 atom stereocenters. The molecule has 1 amide bonds. The fraction of sp³-hybridized carbons (Fsp3) is 0.533. The Balaban J connectivity index is 2.97. The van der Waals surface area contributed by atoms with Gasteiger partial charge < -0.3 is 15.4 Å². The van der Waals surface area contributed by atoms with Crippen molar-refractivity contribution >= 4 is 11.6 Å². The summed E-state index contributed by atoms with van der Waals surface area (Å²) in [6.45, 7) is 7.19. The molecule has 0 fully saturated rings. The van der Waals surface area contributed by atoms with Crippen LogP contribution in [0, 0.1) is 6.92 Å². The SMILES string of the molecule is CCC(C)N(CCOC)C(=O)c1cc(C)cc(N)c1. The minimum Gasteiger partial charge on any atom is -0.399 e. The Labute approximate surface area is 115 Å². The summed E-state index contributed by atoms with van der Waals surface area (Å²) < 4.78 is 5.08. The maximum absolute atomic E-state index is 12.6. The average molecular weight is 264 g/mol. The highest BCUT2D eigenvalue weighted by atomic mass is 16.5. The van der Waals surface area contributed by atoms with Gasteiger partial charge in [-0.2, -0.15) is 0 Å². The van der Waals surface area contributed by atoms with Gasteiger partial charge >= 0.3 is 0 Å². The van der Waals surface area contributed by atoms with Gasteiger partial charge in [0, 0.05) is 30.9 Å². The number of aryl methyl sites for hydroxylation is 1. The predicted octanol–water partition coefficient (Wildman–Crippen LogP) is 2.46. The van der Waals surface area contributed by atoms with Gasteiger partial charge in [0.05, 0.1) is 6.61 Å². The van der Waals surface area contributed by atoms with Crippen LogP contribution in [0.3, 0.4) is 0 Å². The summed E-state index contributed by atoms with van der Waals surface area (Å²) in [5.74, 6) is 0.0156. The number of rotatable bonds is 6. The number of benzene rings is 1. The first-order chi connectivity index (χ1) is 8.99. The molecule has 19 heavy (non-hydrogen) atoms. The van der Waals surface area contributed by atoms with Crippen molar-refractivity contribution in [1.82, 2.24) is 4.90 Å². The number of ether oxygens (including phenoxy) is 1. The molecule has 0 saturated carbocycles. The molecule has 0 radical (unpaired) electrons. The van der Waals surface area contributed by atoms with E-state index in [-0.39, 0.29) is 11.9 Å². The van der Waals surface area contributed by atoms with E-state index < -0.39 is 0 Å². The van der Waals surface area contributed by atoms with Crippen molar-refractivity contribution in [1.29, 1.82) is 0 Å². The lowest BCUT2D eigenvalue weighted by Crippen LogP contribution is -2.40. The van der Waals surface area contributed by atoms with Gasteiger partial charge in [-0.05, 0) is 44.0 Å². The Kier molecular flexibility index (Phi) is 5.83. The molecule has 0 aliphatic carbocycles. The van der Waals surface area contributed by atoms with Crippen LogP contribution in [0.4, 0.5) is 5.69 Å². The van der Waals surface area contributed by atoms with E-state index in [0.717, 1.165) is 12.0 Å². The van der Waals surface area contributed by atoms with Crippen molar-refractivity contribution in [3.8, 4) is 0 Å². The van der Waals surface area contributed by atoms with E-state index in [0.29, 0.717) is 24.4 Å². The maximum atomic E-state index is 12.6. The van der Waals surface area contributed by atoms with Crippen molar-refractivity contribution in [2.24, 2.45) is 0 Å². The fourth-order valence-electron chi connectivity index (χ4n) is 2.03. The molecule has 0 bridgehead atoms. The number of hydrogen-bond acceptors (Lipinski definition) is 3. The Bertz CT molecular complexity index is 412. The molecule has 0 spiro atoms. The molecular formula is C15H24N2O2. The van der Waals surface area contributed by atoms with Crippen molar-refractivity contribution in [3.05, 3.63) is 29.3 Å². The number of carbonyl (C=O) groups excluding carboxylic acids is 1. The molecule has 0 saturated heterocycles. The Hall–Kier alpha value is -1.55. The van der Waals surface area contributed by atoms with Crippen LogP contribution >= 0.6 is 0 Å². The van der Waals surface area contributed by atoms with Crippen molar-refractivity contribution < 1.29 is 9.53 Å². The number of methoxy groups -OCH3 is 1. The molecule has 1 aromatic carbocycles. The van der Waals surface area contributed by atoms with E-state index in [9.17, 15) is 4.79 Å². The van der Waals surface area contributed by atoms with Crippen LogP contribution in [0.5, 0.6) is 0 Å². The molecule has 1 unspecified atom stereocenters. The van der Waals surface area contributed by atoms with Gasteiger partial charge in [0.1, 0.15) is 0 Å². The molecule has 0 heterocycles. The smallest absolute Gasteiger partial charge is 0.254 e. The standard InChI is InChI=1S/C15H24N2O2/c1-5-12(3)17(6-7-19-4)15(18)13-8-11(2)9-14(16)10-13/h8-10,12H,5-7,16H2,1-4H3. The largest absolute Gasteiger partial charge is 0.399 e. The van der Waals surface area contributed by atoms with Gasteiger partial charge in [0.2, 0.25) is 0 Å². The van der Waals surface area contributed by atoms with Gasteiger partial charge in [-0.25, -0.2) is 0 Å². The molecule has 0 aliphatic rings. The van der Waals surface area contributed by atoms with E-state index >= 15 is 0 Å². The number of hydrogen-bond donors (Lipinski definition) is 1. The fourth-order valence-corrected chi connectivity index (χ4v) is 2.03. The predicted molar refractivity (Wildman–Crippen MR) is 78.3 cm³/mol. The van der Waals surface area contributed by atoms with Crippen molar-refractivity contribution in [3.63, 3.8) is 0 Å². The molecule has 1 aromatic rings. The first-order valence-electron chi connectivity index (χ1n) is 6.66. The van der Waals surface area contributed by atoms with Gasteiger partial charge in [0.15, 0.2) is 0 Å². The normalized spacial score (nSPS) is 12.2. The van der Waals surface area contributed by atoms with E-state index in [1.165, 1.54) is 0 Å². The summed E-state index contributed by atoms with van der Waals surface area (Å²) in [7, 11) is 1.64. The quantitative estimate of drug-likeness (QED) is 0.803. The average Bonchev–Trinajstić information content (AvgIpc) is 2.37. The van der Waals surface area contributed by atoms with Gasteiger partial charge in [-0.1, -0.05) is 6.92 Å². The zero-order valence-electron chi connectivity index (χ0n) is 12.3. The number of nitrogens with zero attached hydrogens (tertiary/aromatic N) is 1. The minimum absolute atomic E-state index is 0.0156. The molecule has 2 N–H and O–H groups in total. The maximum Gasteiger partial charge on any atom is 0.254 e. The third kappa shape index (κ3) is 4.24. The number of anilines is 1. The number of nitrogen functional groups attached to an aromatic ring is 1. The topological polar surface area (TPSA) is 55.6 Å². The number of nitrogens with two attached hydrogens (primary N) is 1. The monoisotopic (exact) mass is 264 g/mol. The van der Waals surface area contributed by atoms with Crippen LogP contribution in [0.25, 0.3) is 0 Å². The molecule has 0 aliphatic heterocycles. The summed E-state index contributed by atoms with van der Waals surface area (Å²) in [4.78, 5) is 14.4. The molecule has 106 valence electrons. The van der Waals surface area contributed by atoms with Gasteiger partial charge in [-0.15, -0.1) is 0 Å². The third-order valence-corrected chi connectivity index (χ3v) is 3.27. The summed E-state index contributed by atoms with van der Waals surface area (Å²) in [6.07, 6.45) is 0.913. The Morgan fingerprint density at radius 2 is 2.11 bits per heavy atom. The highest BCUT2D eigenvalue weighted by Gasteiger charge is 2.20. The third-order valence-electron chi connectivity index (χ3n) is 3.27. The van der Waals surface area contributed by atoms with Crippen LogP contribution in [0.15, 0.2) is 18.2 Å². The zero-order chi connectivity index (χ0) is 14.4. The van der Waals surface area contributed by atoms with E-state index in [1.807, 2.05) is 30.9 Å². The lowest BCUT2D eigenvalue weighted by Gasteiger charge is -2.28.